The first-order chi connectivity index (χ1) is 13.1. The van der Waals surface area contributed by atoms with Gasteiger partial charge < -0.3 is 20.7 Å². The molecule has 1 aliphatic heterocycles. The van der Waals surface area contributed by atoms with E-state index in [2.05, 4.69) is 53.1 Å². The van der Waals surface area contributed by atoms with Crippen molar-refractivity contribution in [3.63, 3.8) is 0 Å². The van der Waals surface area contributed by atoms with Gasteiger partial charge in [0, 0.05) is 25.8 Å². The fraction of sp³-hybridized carbons (Fsp3) is 0.714. The van der Waals surface area contributed by atoms with Crippen LogP contribution in [0.15, 0.2) is 23.3 Å². The molecule has 0 aromatic carbocycles. The zero-order chi connectivity index (χ0) is 19.5. The SMILES string of the molecule is CCCCCCCCNC(N)=NCc1ccc(N2CC(C)OC(C)C2)nc1. The van der Waals surface area contributed by atoms with Crippen LogP contribution in [0.1, 0.15) is 64.9 Å². The first-order valence-corrected chi connectivity index (χ1v) is 10.5. The number of guanidine groups is 1. The van der Waals surface area contributed by atoms with Gasteiger partial charge in [0.25, 0.3) is 0 Å². The molecule has 6 nitrogen and oxygen atoms in total. The number of anilines is 1. The summed E-state index contributed by atoms with van der Waals surface area (Å²) in [7, 11) is 0. The molecular weight excluding hydrogens is 338 g/mol. The molecule has 27 heavy (non-hydrogen) atoms. The van der Waals surface area contributed by atoms with Crippen molar-refractivity contribution < 1.29 is 4.74 Å². The highest BCUT2D eigenvalue weighted by Crippen LogP contribution is 2.18. The largest absolute Gasteiger partial charge is 0.372 e. The van der Waals surface area contributed by atoms with Crippen LogP contribution in [0.5, 0.6) is 0 Å². The number of hydrogen-bond donors (Lipinski definition) is 2. The van der Waals surface area contributed by atoms with Crippen molar-refractivity contribution in [2.24, 2.45) is 10.7 Å². The summed E-state index contributed by atoms with van der Waals surface area (Å²) >= 11 is 0. The molecule has 0 spiro atoms. The molecule has 3 N–H and O–H groups in total. The smallest absolute Gasteiger partial charge is 0.188 e. The number of rotatable bonds is 10. The summed E-state index contributed by atoms with van der Waals surface area (Å²) in [5, 5.41) is 3.20. The molecule has 0 bridgehead atoms. The van der Waals surface area contributed by atoms with Crippen LogP contribution in [0, 0.1) is 0 Å². The van der Waals surface area contributed by atoms with Gasteiger partial charge in [-0.05, 0) is 31.9 Å². The molecule has 2 rings (SSSR count). The van der Waals surface area contributed by atoms with E-state index < -0.39 is 0 Å². The average molecular weight is 376 g/mol. The molecule has 1 saturated heterocycles. The molecule has 6 heteroatoms. The summed E-state index contributed by atoms with van der Waals surface area (Å²) in [6.07, 6.45) is 10.0. The van der Waals surface area contributed by atoms with E-state index in [4.69, 9.17) is 10.5 Å². The van der Waals surface area contributed by atoms with Gasteiger partial charge in [0.1, 0.15) is 5.82 Å². The van der Waals surface area contributed by atoms with Crippen molar-refractivity contribution in [1.29, 1.82) is 0 Å². The Kier molecular flexibility index (Phi) is 9.39. The summed E-state index contributed by atoms with van der Waals surface area (Å²) in [4.78, 5) is 11.3. The Morgan fingerprint density at radius 3 is 2.56 bits per heavy atom. The van der Waals surface area contributed by atoms with Gasteiger partial charge >= 0.3 is 0 Å². The average Bonchev–Trinajstić information content (AvgIpc) is 2.65. The zero-order valence-corrected chi connectivity index (χ0v) is 17.3. The molecule has 2 unspecified atom stereocenters. The predicted octanol–water partition coefficient (Wildman–Crippen LogP) is 3.46. The Morgan fingerprint density at radius 1 is 1.19 bits per heavy atom. The molecule has 1 aromatic heterocycles. The Morgan fingerprint density at radius 2 is 1.89 bits per heavy atom. The van der Waals surface area contributed by atoms with Crippen molar-refractivity contribution >= 4 is 11.8 Å². The Labute approximate surface area is 164 Å². The van der Waals surface area contributed by atoms with E-state index in [0.717, 1.165) is 37.4 Å². The second-order valence-corrected chi connectivity index (χ2v) is 7.58. The third kappa shape index (κ3) is 8.16. The number of aromatic nitrogens is 1. The van der Waals surface area contributed by atoms with Crippen LogP contribution in [0.2, 0.25) is 0 Å². The number of nitrogens with zero attached hydrogens (tertiary/aromatic N) is 3. The Bertz CT molecular complexity index is 550. The first-order valence-electron chi connectivity index (χ1n) is 10.5. The molecule has 0 saturated carbocycles. The number of morpholine rings is 1. The summed E-state index contributed by atoms with van der Waals surface area (Å²) in [6.45, 7) is 9.66. The maximum atomic E-state index is 5.96. The lowest BCUT2D eigenvalue weighted by Crippen LogP contribution is -2.45. The van der Waals surface area contributed by atoms with Crippen LogP contribution in [0.3, 0.4) is 0 Å². The van der Waals surface area contributed by atoms with Gasteiger partial charge in [0.2, 0.25) is 0 Å². The topological polar surface area (TPSA) is 75.8 Å². The van der Waals surface area contributed by atoms with Crippen LogP contribution in [0.4, 0.5) is 5.82 Å². The second-order valence-electron chi connectivity index (χ2n) is 7.58. The minimum Gasteiger partial charge on any atom is -0.372 e. The number of pyridine rings is 1. The summed E-state index contributed by atoms with van der Waals surface area (Å²) < 4.78 is 5.78. The van der Waals surface area contributed by atoms with E-state index in [-0.39, 0.29) is 12.2 Å². The third-order valence-corrected chi connectivity index (χ3v) is 4.82. The fourth-order valence-corrected chi connectivity index (χ4v) is 3.42. The van der Waals surface area contributed by atoms with Crippen LogP contribution >= 0.6 is 0 Å². The van der Waals surface area contributed by atoms with Crippen molar-refractivity contribution in [3.05, 3.63) is 23.9 Å². The Hall–Kier alpha value is -1.82. The molecule has 1 fully saturated rings. The molecule has 0 aliphatic carbocycles. The quantitative estimate of drug-likeness (QED) is 0.372. The van der Waals surface area contributed by atoms with Gasteiger partial charge in [0.15, 0.2) is 5.96 Å². The van der Waals surface area contributed by atoms with E-state index >= 15 is 0 Å². The van der Waals surface area contributed by atoms with E-state index in [1.54, 1.807) is 0 Å². The summed E-state index contributed by atoms with van der Waals surface area (Å²) in [5.41, 5.74) is 7.02. The molecule has 0 radical (unpaired) electrons. The standard InChI is InChI=1S/C21H37N5O/c1-4-5-6-7-8-9-12-23-21(22)25-14-19-10-11-20(24-13-19)26-15-17(2)27-18(3)16-26/h10-11,13,17-18H,4-9,12,14-16H2,1-3H3,(H3,22,23,25). The number of aliphatic imine (C=N–C) groups is 1. The van der Waals surface area contributed by atoms with Gasteiger partial charge in [-0.3, -0.25) is 0 Å². The van der Waals surface area contributed by atoms with Gasteiger partial charge in [-0.25, -0.2) is 9.98 Å². The van der Waals surface area contributed by atoms with Gasteiger partial charge in [-0.1, -0.05) is 45.1 Å². The minimum atomic E-state index is 0.234. The normalized spacial score (nSPS) is 20.7. The molecule has 152 valence electrons. The number of nitrogens with two attached hydrogens (primary N) is 1. The Balaban J connectivity index is 1.70. The second kappa shape index (κ2) is 11.8. The lowest BCUT2D eigenvalue weighted by molar-refractivity contribution is -0.00545. The van der Waals surface area contributed by atoms with Crippen molar-refractivity contribution in [2.45, 2.75) is 78.0 Å². The number of unbranched alkanes of at least 4 members (excludes halogenated alkanes) is 5. The molecule has 2 heterocycles. The minimum absolute atomic E-state index is 0.234. The maximum absolute atomic E-state index is 5.96. The molecule has 0 amide bonds. The molecule has 1 aliphatic rings. The van der Waals surface area contributed by atoms with E-state index in [1.807, 2.05) is 6.20 Å². The molecule has 1 aromatic rings. The third-order valence-electron chi connectivity index (χ3n) is 4.82. The van der Waals surface area contributed by atoms with Crippen LogP contribution < -0.4 is 16.0 Å². The zero-order valence-electron chi connectivity index (χ0n) is 17.3. The number of ether oxygens (including phenoxy) is 1. The van der Waals surface area contributed by atoms with Crippen LogP contribution in [0.25, 0.3) is 0 Å². The van der Waals surface area contributed by atoms with E-state index in [9.17, 15) is 0 Å². The van der Waals surface area contributed by atoms with Crippen molar-refractivity contribution in [3.8, 4) is 0 Å². The predicted molar refractivity (Wildman–Crippen MR) is 113 cm³/mol. The van der Waals surface area contributed by atoms with Gasteiger partial charge in [0.05, 0.1) is 18.8 Å². The maximum Gasteiger partial charge on any atom is 0.188 e. The van der Waals surface area contributed by atoms with Gasteiger partial charge in [-0.2, -0.15) is 0 Å². The highest BCUT2D eigenvalue weighted by atomic mass is 16.5. The molecular formula is C21H37N5O. The summed E-state index contributed by atoms with van der Waals surface area (Å²) in [6, 6.07) is 4.15. The number of nitrogens with one attached hydrogen (secondary N) is 1. The summed E-state index contributed by atoms with van der Waals surface area (Å²) in [5.74, 6) is 1.52. The van der Waals surface area contributed by atoms with E-state index in [1.165, 1.54) is 32.1 Å². The van der Waals surface area contributed by atoms with E-state index in [0.29, 0.717) is 12.5 Å². The molecule has 2 atom stereocenters. The lowest BCUT2D eigenvalue weighted by Gasteiger charge is -2.36. The monoisotopic (exact) mass is 375 g/mol. The lowest BCUT2D eigenvalue weighted by atomic mass is 10.1. The number of hydrogen-bond acceptors (Lipinski definition) is 4. The van der Waals surface area contributed by atoms with Crippen LogP contribution in [-0.2, 0) is 11.3 Å². The highest BCUT2D eigenvalue weighted by Gasteiger charge is 2.22. The first kappa shape index (κ1) is 21.5. The fourth-order valence-electron chi connectivity index (χ4n) is 3.42. The van der Waals surface area contributed by atoms with Crippen molar-refractivity contribution in [1.82, 2.24) is 10.3 Å². The highest BCUT2D eigenvalue weighted by molar-refractivity contribution is 5.77. The van der Waals surface area contributed by atoms with Crippen molar-refractivity contribution in [2.75, 3.05) is 24.5 Å². The van der Waals surface area contributed by atoms with Crippen LogP contribution in [-0.4, -0.2) is 42.8 Å². The van der Waals surface area contributed by atoms with Gasteiger partial charge in [-0.15, -0.1) is 0 Å².